The van der Waals surface area contributed by atoms with Gasteiger partial charge in [0.05, 0.1) is 0 Å². The van der Waals surface area contributed by atoms with Crippen LogP contribution < -0.4 is 5.73 Å². The molecule has 2 aromatic rings. The first-order valence-electron chi connectivity index (χ1n) is 4.78. The number of nitrogen functional groups attached to an aromatic ring is 1. The van der Waals surface area contributed by atoms with Crippen molar-refractivity contribution in [1.82, 2.24) is 15.0 Å². The second-order valence-electron chi connectivity index (χ2n) is 3.16. The summed E-state index contributed by atoms with van der Waals surface area (Å²) in [5, 5.41) is 9.55. The van der Waals surface area contributed by atoms with E-state index in [4.69, 9.17) is 11.0 Å². The van der Waals surface area contributed by atoms with E-state index in [0.717, 1.165) is 5.56 Å². The molecule has 0 atom stereocenters. The van der Waals surface area contributed by atoms with Gasteiger partial charge >= 0.3 is 0 Å². The highest BCUT2D eigenvalue weighted by Gasteiger charge is 2.12. The van der Waals surface area contributed by atoms with Gasteiger partial charge in [-0.05, 0) is 18.4 Å². The molecule has 0 saturated carbocycles. The number of anilines is 1. The molecule has 0 unspecified atom stereocenters. The molecule has 0 saturated heterocycles. The van der Waals surface area contributed by atoms with E-state index in [1.54, 1.807) is 24.5 Å². The van der Waals surface area contributed by atoms with Crippen molar-refractivity contribution >= 4 is 17.6 Å². The zero-order valence-corrected chi connectivity index (χ0v) is 9.90. The minimum absolute atomic E-state index is 0.207. The van der Waals surface area contributed by atoms with Crippen LogP contribution in [0.1, 0.15) is 5.56 Å². The van der Waals surface area contributed by atoms with Crippen molar-refractivity contribution in [3.63, 3.8) is 0 Å². The third kappa shape index (κ3) is 2.19. The number of nitrogens with zero attached hydrogens (tertiary/aromatic N) is 4. The Bertz CT molecular complexity index is 576. The van der Waals surface area contributed by atoms with Gasteiger partial charge in [-0.3, -0.25) is 4.98 Å². The second-order valence-corrected chi connectivity index (χ2v) is 3.96. The van der Waals surface area contributed by atoms with Gasteiger partial charge in [0.15, 0.2) is 5.82 Å². The molecule has 6 heteroatoms. The van der Waals surface area contributed by atoms with E-state index in [1.165, 1.54) is 11.8 Å². The van der Waals surface area contributed by atoms with E-state index in [-0.39, 0.29) is 5.82 Å². The number of hydrogen-bond donors (Lipinski definition) is 1. The predicted octanol–water partition coefficient (Wildman–Crippen LogP) is 1.71. The van der Waals surface area contributed by atoms with Crippen LogP contribution in [0.25, 0.3) is 11.4 Å². The Morgan fingerprint density at radius 1 is 1.29 bits per heavy atom. The maximum Gasteiger partial charge on any atom is 0.162 e. The van der Waals surface area contributed by atoms with Gasteiger partial charge in [0.1, 0.15) is 22.5 Å². The molecular weight excluding hydrogens is 234 g/mol. The molecule has 0 amide bonds. The molecule has 0 spiro atoms. The van der Waals surface area contributed by atoms with Gasteiger partial charge in [0, 0.05) is 18.0 Å². The van der Waals surface area contributed by atoms with Gasteiger partial charge in [-0.2, -0.15) is 5.26 Å². The summed E-state index contributed by atoms with van der Waals surface area (Å²) in [4.78, 5) is 12.4. The molecular formula is C11H9N5S. The molecule has 0 radical (unpaired) electrons. The Labute approximate surface area is 103 Å². The normalized spacial score (nSPS) is 9.88. The second kappa shape index (κ2) is 4.80. The maximum absolute atomic E-state index is 8.96. The van der Waals surface area contributed by atoms with Crippen molar-refractivity contribution in [1.29, 1.82) is 5.26 Å². The Balaban J connectivity index is 2.59. The lowest BCUT2D eigenvalue weighted by molar-refractivity contribution is 1.05. The van der Waals surface area contributed by atoms with Crippen LogP contribution in [-0.4, -0.2) is 21.2 Å². The largest absolute Gasteiger partial charge is 0.382 e. The third-order valence-corrected chi connectivity index (χ3v) is 2.83. The minimum Gasteiger partial charge on any atom is -0.382 e. The van der Waals surface area contributed by atoms with Crippen molar-refractivity contribution in [3.8, 4) is 17.5 Å². The van der Waals surface area contributed by atoms with E-state index in [9.17, 15) is 0 Å². The van der Waals surface area contributed by atoms with E-state index in [2.05, 4.69) is 15.0 Å². The lowest BCUT2D eigenvalue weighted by atomic mass is 10.2. The molecule has 0 aromatic carbocycles. The Morgan fingerprint density at radius 3 is 2.59 bits per heavy atom. The molecule has 5 nitrogen and oxygen atoms in total. The summed E-state index contributed by atoms with van der Waals surface area (Å²) in [5.41, 5.74) is 6.90. The number of aromatic nitrogens is 3. The highest BCUT2D eigenvalue weighted by molar-refractivity contribution is 7.98. The molecule has 0 aliphatic carbocycles. The Kier molecular flexibility index (Phi) is 3.21. The SMILES string of the molecule is CSc1nc(-c2ccncc2)nc(N)c1C#N. The predicted molar refractivity (Wildman–Crippen MR) is 66.2 cm³/mol. The summed E-state index contributed by atoms with van der Waals surface area (Å²) in [6.45, 7) is 0. The average Bonchev–Trinajstić information content (AvgIpc) is 2.38. The number of nitriles is 1. The first kappa shape index (κ1) is 11.4. The van der Waals surface area contributed by atoms with Crippen LogP contribution in [0.5, 0.6) is 0 Å². The Hall–Kier alpha value is -2.13. The number of hydrogen-bond acceptors (Lipinski definition) is 6. The molecule has 84 valence electrons. The number of pyridine rings is 1. The van der Waals surface area contributed by atoms with Gasteiger partial charge in [0.25, 0.3) is 0 Å². The smallest absolute Gasteiger partial charge is 0.162 e. The van der Waals surface area contributed by atoms with Crippen LogP contribution in [0.4, 0.5) is 5.82 Å². The quantitative estimate of drug-likeness (QED) is 0.638. The molecule has 2 N–H and O–H groups in total. The van der Waals surface area contributed by atoms with Crippen LogP contribution in [0, 0.1) is 11.3 Å². The molecule has 0 fully saturated rings. The van der Waals surface area contributed by atoms with Gasteiger partial charge in [-0.25, -0.2) is 9.97 Å². The van der Waals surface area contributed by atoms with Gasteiger partial charge in [-0.1, -0.05) is 0 Å². The van der Waals surface area contributed by atoms with Crippen molar-refractivity contribution in [3.05, 3.63) is 30.1 Å². The Morgan fingerprint density at radius 2 is 2.00 bits per heavy atom. The summed E-state index contributed by atoms with van der Waals surface area (Å²) in [6, 6.07) is 5.60. The standard InChI is InChI=1S/C11H9N5S/c1-17-11-8(6-12)9(13)15-10(16-11)7-2-4-14-5-3-7/h2-5H,1H3,(H2,13,15,16). The number of thioether (sulfide) groups is 1. The van der Waals surface area contributed by atoms with Crippen molar-refractivity contribution < 1.29 is 0 Å². The van der Waals surface area contributed by atoms with Gasteiger partial charge in [0.2, 0.25) is 0 Å². The third-order valence-electron chi connectivity index (χ3n) is 2.15. The maximum atomic E-state index is 8.96. The lowest BCUT2D eigenvalue weighted by Crippen LogP contribution is -2.02. The van der Waals surface area contributed by atoms with Crippen LogP contribution in [-0.2, 0) is 0 Å². The number of nitrogens with two attached hydrogens (primary N) is 1. The fourth-order valence-corrected chi connectivity index (χ4v) is 1.87. The fraction of sp³-hybridized carbons (Fsp3) is 0.0909. The first-order chi connectivity index (χ1) is 8.26. The van der Waals surface area contributed by atoms with Crippen molar-refractivity contribution in [2.75, 3.05) is 12.0 Å². The van der Waals surface area contributed by atoms with Crippen molar-refractivity contribution in [2.45, 2.75) is 5.03 Å². The average molecular weight is 243 g/mol. The van der Waals surface area contributed by atoms with E-state index < -0.39 is 0 Å². The molecule has 17 heavy (non-hydrogen) atoms. The summed E-state index contributed by atoms with van der Waals surface area (Å²) >= 11 is 1.37. The summed E-state index contributed by atoms with van der Waals surface area (Å²) in [5.74, 6) is 0.715. The zero-order valence-electron chi connectivity index (χ0n) is 9.08. The molecule has 0 aliphatic heterocycles. The summed E-state index contributed by atoms with van der Waals surface area (Å²) in [7, 11) is 0. The molecule has 0 aliphatic rings. The summed E-state index contributed by atoms with van der Waals surface area (Å²) in [6.07, 6.45) is 5.16. The minimum atomic E-state index is 0.207. The molecule has 2 heterocycles. The van der Waals surface area contributed by atoms with Gasteiger partial charge < -0.3 is 5.73 Å². The molecule has 2 aromatic heterocycles. The monoisotopic (exact) mass is 243 g/mol. The van der Waals surface area contributed by atoms with Crippen LogP contribution in [0.15, 0.2) is 29.6 Å². The van der Waals surface area contributed by atoms with E-state index in [1.807, 2.05) is 12.3 Å². The van der Waals surface area contributed by atoms with Crippen LogP contribution in [0.2, 0.25) is 0 Å². The highest BCUT2D eigenvalue weighted by atomic mass is 32.2. The van der Waals surface area contributed by atoms with Crippen molar-refractivity contribution in [2.24, 2.45) is 0 Å². The highest BCUT2D eigenvalue weighted by Crippen LogP contribution is 2.25. The van der Waals surface area contributed by atoms with Crippen LogP contribution >= 0.6 is 11.8 Å². The fourth-order valence-electron chi connectivity index (χ4n) is 1.34. The summed E-state index contributed by atoms with van der Waals surface area (Å²) < 4.78 is 0. The lowest BCUT2D eigenvalue weighted by Gasteiger charge is -2.06. The zero-order chi connectivity index (χ0) is 12.3. The topological polar surface area (TPSA) is 88.5 Å². The van der Waals surface area contributed by atoms with E-state index in [0.29, 0.717) is 16.4 Å². The van der Waals surface area contributed by atoms with Gasteiger partial charge in [-0.15, -0.1) is 11.8 Å². The number of rotatable bonds is 2. The van der Waals surface area contributed by atoms with Crippen LogP contribution in [0.3, 0.4) is 0 Å². The first-order valence-corrected chi connectivity index (χ1v) is 6.00. The molecule has 2 rings (SSSR count). The molecule has 0 bridgehead atoms. The van der Waals surface area contributed by atoms with E-state index >= 15 is 0 Å².